The van der Waals surface area contributed by atoms with Crippen molar-refractivity contribution in [3.05, 3.63) is 46.2 Å². The van der Waals surface area contributed by atoms with Crippen molar-refractivity contribution in [2.24, 2.45) is 0 Å². The number of thiophene rings is 1. The van der Waals surface area contributed by atoms with Gasteiger partial charge in [0.1, 0.15) is 6.61 Å². The van der Waals surface area contributed by atoms with Crippen LogP contribution in [0.15, 0.2) is 35.7 Å². The number of rotatable bonds is 8. The van der Waals surface area contributed by atoms with Gasteiger partial charge in [-0.25, -0.2) is 4.79 Å². The number of carboxylic acids is 1. The predicted molar refractivity (Wildman–Crippen MR) is 109 cm³/mol. The Kier molecular flexibility index (Phi) is 6.90. The maximum absolute atomic E-state index is 11.7. The number of aliphatic carboxylic acids is 1. The summed E-state index contributed by atoms with van der Waals surface area (Å²) >= 11 is 1.40. The van der Waals surface area contributed by atoms with Crippen LogP contribution >= 0.6 is 11.3 Å². The molecule has 0 spiro atoms. The summed E-state index contributed by atoms with van der Waals surface area (Å²) in [6.07, 6.45) is 5.45. The number of methoxy groups -OCH3 is 1. The predicted octanol–water partition coefficient (Wildman–Crippen LogP) is 4.25. The highest BCUT2D eigenvalue weighted by Gasteiger charge is 2.16. The summed E-state index contributed by atoms with van der Waals surface area (Å²) in [6.45, 7) is 3.63. The molecule has 3 rings (SSSR count). The van der Waals surface area contributed by atoms with Crippen LogP contribution in [0.2, 0.25) is 0 Å². The van der Waals surface area contributed by atoms with Crippen LogP contribution < -0.4 is 9.47 Å². The smallest absolute Gasteiger partial charge is 0.337 e. The largest absolute Gasteiger partial charge is 0.493 e. The Bertz CT molecular complexity index is 779. The van der Waals surface area contributed by atoms with Crippen molar-refractivity contribution in [1.82, 2.24) is 4.90 Å². The second-order valence-electron chi connectivity index (χ2n) is 6.47. The van der Waals surface area contributed by atoms with Crippen molar-refractivity contribution in [3.63, 3.8) is 0 Å². The summed E-state index contributed by atoms with van der Waals surface area (Å²) in [5, 5.41) is 11.5. The molecule has 0 aliphatic carbocycles. The molecule has 2 heterocycles. The van der Waals surface area contributed by atoms with Crippen molar-refractivity contribution in [3.8, 4) is 11.5 Å². The third kappa shape index (κ3) is 5.11. The molecule has 0 saturated carbocycles. The number of carboxylic acid groups (broad SMARTS) is 1. The first-order valence-corrected chi connectivity index (χ1v) is 10.1. The van der Waals surface area contributed by atoms with E-state index in [0.29, 0.717) is 28.5 Å². The molecule has 27 heavy (non-hydrogen) atoms. The highest BCUT2D eigenvalue weighted by atomic mass is 32.1. The zero-order valence-corrected chi connectivity index (χ0v) is 16.3. The lowest BCUT2D eigenvalue weighted by Gasteiger charge is -2.26. The third-order valence-corrected chi connectivity index (χ3v) is 5.55. The van der Waals surface area contributed by atoms with E-state index in [0.717, 1.165) is 19.6 Å². The van der Waals surface area contributed by atoms with E-state index in [1.807, 2.05) is 35.7 Å². The lowest BCUT2D eigenvalue weighted by molar-refractivity contribution is -0.130. The second kappa shape index (κ2) is 9.58. The fourth-order valence-electron chi connectivity index (χ4n) is 3.25. The Hall–Kier alpha value is -2.31. The molecule has 0 bridgehead atoms. The summed E-state index contributed by atoms with van der Waals surface area (Å²) in [6, 6.07) is 9.19. The van der Waals surface area contributed by atoms with Gasteiger partial charge >= 0.3 is 5.97 Å². The molecule has 0 unspecified atom stereocenters. The molecule has 1 saturated heterocycles. The molecule has 144 valence electrons. The molecule has 6 heteroatoms. The Morgan fingerprint density at radius 2 is 2.04 bits per heavy atom. The first-order valence-electron chi connectivity index (χ1n) is 9.20. The molecule has 1 aromatic heterocycles. The van der Waals surface area contributed by atoms with Gasteiger partial charge in [-0.3, -0.25) is 4.90 Å². The normalized spacial score (nSPS) is 15.5. The van der Waals surface area contributed by atoms with E-state index in [2.05, 4.69) is 4.90 Å². The van der Waals surface area contributed by atoms with E-state index in [9.17, 15) is 9.90 Å². The van der Waals surface area contributed by atoms with Crippen LogP contribution in [0.25, 0.3) is 11.6 Å². The van der Waals surface area contributed by atoms with E-state index >= 15 is 0 Å². The molecule has 1 aliphatic heterocycles. The van der Waals surface area contributed by atoms with Gasteiger partial charge < -0.3 is 14.6 Å². The average Bonchev–Trinajstić information content (AvgIpc) is 3.21. The minimum Gasteiger partial charge on any atom is -0.493 e. The van der Waals surface area contributed by atoms with Gasteiger partial charge in [0.15, 0.2) is 11.5 Å². The van der Waals surface area contributed by atoms with Gasteiger partial charge in [0.25, 0.3) is 0 Å². The Labute approximate surface area is 163 Å². The summed E-state index contributed by atoms with van der Waals surface area (Å²) in [4.78, 5) is 14.9. The van der Waals surface area contributed by atoms with Gasteiger partial charge in [-0.15, -0.1) is 11.3 Å². The lowest BCUT2D eigenvalue weighted by atomic mass is 10.1. The van der Waals surface area contributed by atoms with Crippen molar-refractivity contribution in [2.45, 2.75) is 19.3 Å². The fraction of sp³-hybridized carbons (Fsp3) is 0.381. The Morgan fingerprint density at radius 1 is 1.22 bits per heavy atom. The van der Waals surface area contributed by atoms with Crippen molar-refractivity contribution >= 4 is 29.0 Å². The number of nitrogens with zero attached hydrogens (tertiary/aromatic N) is 1. The average molecular weight is 388 g/mol. The maximum Gasteiger partial charge on any atom is 0.337 e. The number of ether oxygens (including phenoxy) is 2. The number of benzene rings is 1. The monoisotopic (exact) mass is 387 g/mol. The molecular formula is C21H25NO4S. The Morgan fingerprint density at radius 3 is 2.70 bits per heavy atom. The van der Waals surface area contributed by atoms with Gasteiger partial charge in [0.2, 0.25) is 0 Å². The summed E-state index contributed by atoms with van der Waals surface area (Å²) in [5.41, 5.74) is 0.956. The molecule has 1 aromatic carbocycles. The number of hydrogen-bond donors (Lipinski definition) is 1. The zero-order valence-electron chi connectivity index (χ0n) is 15.5. The van der Waals surface area contributed by atoms with Crippen LogP contribution in [0.1, 0.15) is 29.7 Å². The molecule has 0 radical (unpaired) electrons. The zero-order chi connectivity index (χ0) is 19.1. The molecule has 1 N–H and O–H groups in total. The quantitative estimate of drug-likeness (QED) is 0.687. The van der Waals surface area contributed by atoms with Gasteiger partial charge in [-0.05, 0) is 49.5 Å². The van der Waals surface area contributed by atoms with Crippen LogP contribution in [-0.2, 0) is 4.79 Å². The summed E-state index contributed by atoms with van der Waals surface area (Å²) in [7, 11) is 1.59. The minimum atomic E-state index is -0.959. The SMILES string of the molecule is COc1cccc(/C=C(\C(=O)O)c2cccs2)c1OCCN1CCCCC1. The molecule has 1 fully saturated rings. The van der Waals surface area contributed by atoms with E-state index in [4.69, 9.17) is 9.47 Å². The Balaban J connectivity index is 1.82. The van der Waals surface area contributed by atoms with Gasteiger partial charge in [0, 0.05) is 17.0 Å². The molecule has 0 amide bonds. The number of hydrogen-bond acceptors (Lipinski definition) is 5. The first-order chi connectivity index (χ1) is 13.2. The molecule has 5 nitrogen and oxygen atoms in total. The number of piperidine rings is 1. The summed E-state index contributed by atoms with van der Waals surface area (Å²) < 4.78 is 11.5. The van der Waals surface area contributed by atoms with E-state index < -0.39 is 5.97 Å². The second-order valence-corrected chi connectivity index (χ2v) is 7.42. The van der Waals surface area contributed by atoms with E-state index in [-0.39, 0.29) is 5.57 Å². The first kappa shape index (κ1) is 19.5. The van der Waals surface area contributed by atoms with Crippen LogP contribution in [0.5, 0.6) is 11.5 Å². The molecule has 2 aromatic rings. The molecule has 0 atom stereocenters. The highest BCUT2D eigenvalue weighted by Crippen LogP contribution is 2.34. The van der Waals surface area contributed by atoms with Gasteiger partial charge in [-0.1, -0.05) is 24.6 Å². The number of likely N-dealkylation sites (tertiary alicyclic amines) is 1. The van der Waals surface area contributed by atoms with Gasteiger partial charge in [0.05, 0.1) is 12.7 Å². The molecular weight excluding hydrogens is 362 g/mol. The van der Waals surface area contributed by atoms with Gasteiger partial charge in [-0.2, -0.15) is 0 Å². The number of para-hydroxylation sites is 1. The van der Waals surface area contributed by atoms with Crippen LogP contribution in [-0.4, -0.2) is 49.3 Å². The lowest BCUT2D eigenvalue weighted by Crippen LogP contribution is -2.33. The standard InChI is InChI=1S/C21H25NO4S/c1-25-18-8-5-7-16(15-17(21(23)24)19-9-6-14-27-19)20(18)26-13-12-22-10-3-2-4-11-22/h5-9,14-15H,2-4,10-13H2,1H3,(H,23,24)/b17-15-. The van der Waals surface area contributed by atoms with Crippen molar-refractivity contribution < 1.29 is 19.4 Å². The van der Waals surface area contributed by atoms with Crippen molar-refractivity contribution in [1.29, 1.82) is 0 Å². The fourth-order valence-corrected chi connectivity index (χ4v) is 3.98. The van der Waals surface area contributed by atoms with Crippen LogP contribution in [0.4, 0.5) is 0 Å². The van der Waals surface area contributed by atoms with Crippen LogP contribution in [0, 0.1) is 0 Å². The maximum atomic E-state index is 11.7. The third-order valence-electron chi connectivity index (χ3n) is 4.65. The van der Waals surface area contributed by atoms with Crippen LogP contribution in [0.3, 0.4) is 0 Å². The van der Waals surface area contributed by atoms with E-state index in [1.54, 1.807) is 13.2 Å². The molecule has 1 aliphatic rings. The minimum absolute atomic E-state index is 0.249. The van der Waals surface area contributed by atoms with E-state index in [1.165, 1.54) is 30.6 Å². The van der Waals surface area contributed by atoms with Crippen molar-refractivity contribution in [2.75, 3.05) is 33.4 Å². The summed E-state index contributed by atoms with van der Waals surface area (Å²) in [5.74, 6) is 0.241. The topological polar surface area (TPSA) is 59.0 Å². The highest BCUT2D eigenvalue weighted by molar-refractivity contribution is 7.11. The number of carbonyl (C=O) groups is 1.